The number of rotatable bonds is 4. The molecule has 0 saturated heterocycles. The van der Waals surface area contributed by atoms with E-state index in [2.05, 4.69) is 21.5 Å². The molecule has 98 valence electrons. The predicted molar refractivity (Wildman–Crippen MR) is 72.6 cm³/mol. The van der Waals surface area contributed by atoms with Crippen LogP contribution in [0.1, 0.15) is 0 Å². The summed E-state index contributed by atoms with van der Waals surface area (Å²) in [5, 5.41) is 8.30. The highest BCUT2D eigenvalue weighted by Gasteiger charge is 2.16. The number of hydrogen-bond acceptors (Lipinski definition) is 6. The molecule has 0 unspecified atom stereocenters. The Hall–Kier alpha value is -2.28. The molecule has 0 atom stereocenters. The van der Waals surface area contributed by atoms with Gasteiger partial charge in [0.25, 0.3) is 0 Å². The number of thioether (sulfide) groups is 1. The Balaban J connectivity index is 2.24. The number of nitrogen functional groups attached to an aromatic ring is 1. The first kappa shape index (κ1) is 13.2. The summed E-state index contributed by atoms with van der Waals surface area (Å²) in [6.07, 6.45) is 0. The zero-order chi connectivity index (χ0) is 13.8. The van der Waals surface area contributed by atoms with Gasteiger partial charge in [0.05, 0.1) is 12.0 Å². The average molecular weight is 276 g/mol. The molecule has 0 aliphatic heterocycles. The predicted octanol–water partition coefficient (Wildman–Crippen LogP) is 1.44. The van der Waals surface area contributed by atoms with Crippen LogP contribution in [0, 0.1) is 0 Å². The van der Waals surface area contributed by atoms with E-state index in [1.165, 1.54) is 11.8 Å². The lowest BCUT2D eigenvalue weighted by atomic mass is 10.2. The minimum absolute atomic E-state index is 0.196. The van der Waals surface area contributed by atoms with Crippen LogP contribution >= 0.6 is 11.8 Å². The number of carbonyl (C=O) groups is 1. The van der Waals surface area contributed by atoms with Crippen LogP contribution in [0.4, 0.5) is 0 Å². The first-order valence-corrected chi connectivity index (χ1v) is 6.16. The van der Waals surface area contributed by atoms with Gasteiger partial charge in [-0.3, -0.25) is 0 Å². The second-order valence-corrected chi connectivity index (χ2v) is 4.62. The number of nitrogens with two attached hydrogens (primary N) is 1. The van der Waals surface area contributed by atoms with Gasteiger partial charge in [0.15, 0.2) is 5.82 Å². The summed E-state index contributed by atoms with van der Waals surface area (Å²) in [7, 11) is 1.29. The molecule has 2 aromatic rings. The molecule has 0 bridgehead atoms. The van der Waals surface area contributed by atoms with Crippen LogP contribution in [0.15, 0.2) is 47.0 Å². The summed E-state index contributed by atoms with van der Waals surface area (Å²) in [5.74, 6) is 5.90. The Labute approximate surface area is 114 Å². The van der Waals surface area contributed by atoms with E-state index in [1.54, 1.807) is 0 Å². The number of aromatic nitrogens is 3. The Morgan fingerprint density at radius 1 is 1.37 bits per heavy atom. The van der Waals surface area contributed by atoms with E-state index in [4.69, 9.17) is 5.84 Å². The van der Waals surface area contributed by atoms with Gasteiger partial charge in [-0.05, 0) is 11.8 Å². The van der Waals surface area contributed by atoms with Crippen molar-refractivity contribution in [2.45, 2.75) is 5.16 Å². The third-order valence-corrected chi connectivity index (χ3v) is 3.20. The minimum Gasteiger partial charge on any atom is -0.465 e. The molecule has 0 saturated carbocycles. The Kier molecular flexibility index (Phi) is 3.86. The zero-order valence-electron chi connectivity index (χ0n) is 10.2. The number of benzene rings is 1. The van der Waals surface area contributed by atoms with Gasteiger partial charge in [-0.2, -0.15) is 0 Å². The van der Waals surface area contributed by atoms with Crippen LogP contribution in [-0.2, 0) is 9.53 Å². The molecule has 0 aliphatic carbocycles. The fourth-order valence-corrected chi connectivity index (χ4v) is 2.05. The van der Waals surface area contributed by atoms with Crippen molar-refractivity contribution in [3.8, 4) is 11.4 Å². The third-order valence-electron chi connectivity index (χ3n) is 2.32. The molecule has 0 fully saturated rings. The van der Waals surface area contributed by atoms with Crippen LogP contribution in [0.3, 0.4) is 0 Å². The molecule has 6 nitrogen and oxygen atoms in total. The lowest BCUT2D eigenvalue weighted by Crippen LogP contribution is -2.12. The highest BCUT2D eigenvalue weighted by molar-refractivity contribution is 8.03. The van der Waals surface area contributed by atoms with E-state index in [1.807, 2.05) is 30.3 Å². The van der Waals surface area contributed by atoms with Crippen LogP contribution in [-0.4, -0.2) is 28.0 Å². The van der Waals surface area contributed by atoms with Crippen molar-refractivity contribution in [1.29, 1.82) is 0 Å². The van der Waals surface area contributed by atoms with Crippen molar-refractivity contribution in [3.63, 3.8) is 0 Å². The van der Waals surface area contributed by atoms with Gasteiger partial charge in [0.1, 0.15) is 0 Å². The molecular formula is C12H12N4O2S. The Morgan fingerprint density at radius 2 is 2.05 bits per heavy atom. The maximum Gasteiger partial charge on any atom is 0.344 e. The molecule has 7 heteroatoms. The molecule has 0 radical (unpaired) electrons. The molecule has 0 amide bonds. The lowest BCUT2D eigenvalue weighted by molar-refractivity contribution is -0.135. The van der Waals surface area contributed by atoms with Gasteiger partial charge >= 0.3 is 5.97 Å². The number of nitrogens with zero attached hydrogens (tertiary/aromatic N) is 3. The highest BCUT2D eigenvalue weighted by atomic mass is 32.2. The molecule has 1 aromatic heterocycles. The van der Waals surface area contributed by atoms with Crippen LogP contribution in [0.2, 0.25) is 0 Å². The quantitative estimate of drug-likeness (QED) is 0.394. The van der Waals surface area contributed by atoms with Gasteiger partial charge in [0.2, 0.25) is 5.16 Å². The van der Waals surface area contributed by atoms with Gasteiger partial charge in [-0.25, -0.2) is 9.47 Å². The van der Waals surface area contributed by atoms with Crippen molar-refractivity contribution in [2.24, 2.45) is 0 Å². The van der Waals surface area contributed by atoms with E-state index in [0.29, 0.717) is 11.0 Å². The Bertz CT molecular complexity index is 609. The smallest absolute Gasteiger partial charge is 0.344 e. The summed E-state index contributed by atoms with van der Waals surface area (Å²) in [6.45, 7) is 3.60. The number of ether oxygens (including phenoxy) is 1. The zero-order valence-corrected chi connectivity index (χ0v) is 11.1. The van der Waals surface area contributed by atoms with Crippen molar-refractivity contribution < 1.29 is 9.53 Å². The lowest BCUT2D eigenvalue weighted by Gasteiger charge is -2.04. The minimum atomic E-state index is -0.519. The van der Waals surface area contributed by atoms with E-state index in [-0.39, 0.29) is 4.91 Å². The van der Waals surface area contributed by atoms with Crippen LogP contribution < -0.4 is 5.84 Å². The SMILES string of the molecule is C=C(Sc1nnc(-c2ccccc2)n1N)C(=O)OC. The van der Waals surface area contributed by atoms with Crippen molar-refractivity contribution >= 4 is 17.7 Å². The van der Waals surface area contributed by atoms with Gasteiger partial charge < -0.3 is 10.6 Å². The number of carbonyl (C=O) groups excluding carboxylic acids is 1. The van der Waals surface area contributed by atoms with E-state index in [9.17, 15) is 4.79 Å². The van der Waals surface area contributed by atoms with Crippen molar-refractivity contribution in [2.75, 3.05) is 13.0 Å². The van der Waals surface area contributed by atoms with Gasteiger partial charge in [-0.15, -0.1) is 10.2 Å². The number of methoxy groups -OCH3 is 1. The first-order chi connectivity index (χ1) is 9.13. The normalized spacial score (nSPS) is 10.2. The van der Waals surface area contributed by atoms with E-state index >= 15 is 0 Å². The molecule has 19 heavy (non-hydrogen) atoms. The molecule has 0 spiro atoms. The van der Waals surface area contributed by atoms with Crippen LogP contribution in [0.5, 0.6) is 0 Å². The molecule has 0 aliphatic rings. The summed E-state index contributed by atoms with van der Waals surface area (Å²) < 4.78 is 5.87. The van der Waals surface area contributed by atoms with Crippen molar-refractivity contribution in [1.82, 2.24) is 14.9 Å². The summed E-state index contributed by atoms with van der Waals surface area (Å²) >= 11 is 1.01. The highest BCUT2D eigenvalue weighted by Crippen LogP contribution is 2.26. The fourth-order valence-electron chi connectivity index (χ4n) is 1.40. The summed E-state index contributed by atoms with van der Waals surface area (Å²) in [5.41, 5.74) is 0.841. The molecule has 2 rings (SSSR count). The largest absolute Gasteiger partial charge is 0.465 e. The molecular weight excluding hydrogens is 264 g/mol. The molecule has 2 N–H and O–H groups in total. The van der Waals surface area contributed by atoms with E-state index in [0.717, 1.165) is 17.3 Å². The molecule has 1 aromatic carbocycles. The third kappa shape index (κ3) is 2.76. The monoisotopic (exact) mass is 276 g/mol. The summed E-state index contributed by atoms with van der Waals surface area (Å²) in [6, 6.07) is 9.40. The van der Waals surface area contributed by atoms with Crippen LogP contribution in [0.25, 0.3) is 11.4 Å². The average Bonchev–Trinajstić information content (AvgIpc) is 2.80. The molecule has 1 heterocycles. The number of hydrogen-bond donors (Lipinski definition) is 1. The van der Waals surface area contributed by atoms with E-state index < -0.39 is 5.97 Å². The second kappa shape index (κ2) is 5.57. The topological polar surface area (TPSA) is 83.0 Å². The fraction of sp³-hybridized carbons (Fsp3) is 0.0833. The summed E-state index contributed by atoms with van der Waals surface area (Å²) in [4.78, 5) is 11.5. The maximum atomic E-state index is 11.3. The maximum absolute atomic E-state index is 11.3. The number of esters is 1. The standard InChI is InChI=1S/C12H12N4O2S/c1-8(11(17)18-2)19-12-15-14-10(16(12)13)9-6-4-3-5-7-9/h3-7H,1,13H2,2H3. The van der Waals surface area contributed by atoms with Crippen molar-refractivity contribution in [3.05, 3.63) is 41.8 Å². The first-order valence-electron chi connectivity index (χ1n) is 5.34. The second-order valence-electron chi connectivity index (χ2n) is 3.56. The van der Waals surface area contributed by atoms with Gasteiger partial charge in [-0.1, -0.05) is 36.9 Å². The van der Waals surface area contributed by atoms with Gasteiger partial charge in [0, 0.05) is 5.56 Å². The Morgan fingerprint density at radius 3 is 2.68 bits per heavy atom.